The molecule has 154 valence electrons. The van der Waals surface area contributed by atoms with Crippen LogP contribution in [-0.2, 0) is 10.3 Å². The number of carbonyl (C=O) groups is 2. The van der Waals surface area contributed by atoms with Gasteiger partial charge in [0.25, 0.3) is 5.91 Å². The van der Waals surface area contributed by atoms with E-state index in [0.717, 1.165) is 12.2 Å². The molecule has 4 heterocycles. The predicted octanol–water partition coefficient (Wildman–Crippen LogP) is 2.68. The highest BCUT2D eigenvalue weighted by atomic mass is 16.2. The number of aromatic nitrogens is 3. The summed E-state index contributed by atoms with van der Waals surface area (Å²) in [6, 6.07) is 3.38. The molecule has 1 spiro atoms. The minimum absolute atomic E-state index is 0.139. The molecule has 0 saturated carbocycles. The van der Waals surface area contributed by atoms with E-state index in [2.05, 4.69) is 33.7 Å². The van der Waals surface area contributed by atoms with Crippen LogP contribution in [0.5, 0.6) is 0 Å². The highest BCUT2D eigenvalue weighted by Gasteiger charge is 2.55. The van der Waals surface area contributed by atoms with Gasteiger partial charge in [-0.05, 0) is 25.0 Å². The average molecular weight is 396 g/mol. The number of carbonyl (C=O) groups excluding carboxylic acids is 2. The lowest BCUT2D eigenvalue weighted by Crippen LogP contribution is -2.65. The Hall–Kier alpha value is -2.70. The van der Waals surface area contributed by atoms with Gasteiger partial charge in [-0.25, -0.2) is 4.98 Å². The Morgan fingerprint density at radius 3 is 2.62 bits per heavy atom. The largest absolute Gasteiger partial charge is 0.342 e. The van der Waals surface area contributed by atoms with Gasteiger partial charge in [0.05, 0.1) is 17.1 Å². The third kappa shape index (κ3) is 3.03. The molecule has 2 amide bonds. The lowest BCUT2D eigenvalue weighted by Gasteiger charge is -2.51. The van der Waals surface area contributed by atoms with Gasteiger partial charge in [0.15, 0.2) is 0 Å². The molecule has 29 heavy (non-hydrogen) atoms. The number of hydrogen-bond acceptors (Lipinski definition) is 4. The molecule has 2 aliphatic heterocycles. The first-order valence-corrected chi connectivity index (χ1v) is 10.2. The van der Waals surface area contributed by atoms with Crippen LogP contribution in [0.15, 0.2) is 30.7 Å². The summed E-state index contributed by atoms with van der Waals surface area (Å²) in [6.07, 6.45) is 6.16. The van der Waals surface area contributed by atoms with Crippen molar-refractivity contribution in [2.24, 2.45) is 11.3 Å². The van der Waals surface area contributed by atoms with Gasteiger partial charge in [-0.15, -0.1) is 0 Å². The van der Waals surface area contributed by atoms with Crippen molar-refractivity contribution in [1.29, 1.82) is 0 Å². The number of aryl methyl sites for hydroxylation is 1. The van der Waals surface area contributed by atoms with Crippen LogP contribution >= 0.6 is 0 Å². The van der Waals surface area contributed by atoms with Crippen molar-refractivity contribution in [2.45, 2.75) is 52.6 Å². The summed E-state index contributed by atoms with van der Waals surface area (Å²) in [7, 11) is 0. The van der Waals surface area contributed by atoms with Gasteiger partial charge < -0.3 is 14.8 Å². The molecule has 0 aromatic carbocycles. The normalized spacial score (nSPS) is 19.9. The molecule has 4 rings (SSSR count). The zero-order valence-corrected chi connectivity index (χ0v) is 17.8. The Labute approximate surface area is 171 Å². The summed E-state index contributed by atoms with van der Waals surface area (Å²) < 4.78 is 2.15. The summed E-state index contributed by atoms with van der Waals surface area (Å²) in [5.74, 6) is 1.18. The Morgan fingerprint density at radius 2 is 1.97 bits per heavy atom. The minimum Gasteiger partial charge on any atom is -0.342 e. The van der Waals surface area contributed by atoms with Crippen molar-refractivity contribution in [2.75, 3.05) is 13.1 Å². The molecular formula is C22H29N5O2. The maximum absolute atomic E-state index is 13.0. The molecular weight excluding hydrogens is 366 g/mol. The van der Waals surface area contributed by atoms with E-state index in [9.17, 15) is 9.59 Å². The molecule has 7 heteroatoms. The fraction of sp³-hybridized carbons (Fsp3) is 0.545. The monoisotopic (exact) mass is 395 g/mol. The molecule has 0 bridgehead atoms. The Kier molecular flexibility index (Phi) is 4.52. The quantitative estimate of drug-likeness (QED) is 0.863. The summed E-state index contributed by atoms with van der Waals surface area (Å²) in [4.78, 5) is 36.4. The standard InChI is InChI=1S/C22H29N5O2/c1-14(2)21(4,5)20(29)26-12-22(13-26)11-17(18-24-9-10-27(18)22)25-19(28)16-7-6-8-23-15(16)3/h6-10,14,17H,11-13H2,1-5H3,(H,25,28). The van der Waals surface area contributed by atoms with Crippen molar-refractivity contribution < 1.29 is 9.59 Å². The van der Waals surface area contributed by atoms with Crippen LogP contribution in [0.4, 0.5) is 0 Å². The van der Waals surface area contributed by atoms with Crippen LogP contribution < -0.4 is 5.32 Å². The molecule has 0 radical (unpaired) electrons. The smallest absolute Gasteiger partial charge is 0.253 e. The number of amides is 2. The summed E-state index contributed by atoms with van der Waals surface area (Å²) in [5.41, 5.74) is 0.716. The van der Waals surface area contributed by atoms with Crippen molar-refractivity contribution in [3.8, 4) is 0 Å². The van der Waals surface area contributed by atoms with E-state index < -0.39 is 0 Å². The first-order valence-electron chi connectivity index (χ1n) is 10.2. The number of nitrogens with one attached hydrogen (secondary N) is 1. The third-order valence-electron chi connectivity index (χ3n) is 6.89. The van der Waals surface area contributed by atoms with Gasteiger partial charge in [0.1, 0.15) is 5.82 Å². The Bertz CT molecular complexity index is 956. The molecule has 1 atom stereocenters. The van der Waals surface area contributed by atoms with E-state index in [4.69, 9.17) is 0 Å². The SMILES string of the molecule is Cc1ncccc1C(=O)NC1CC2(CN(C(=O)C(C)(C)C(C)C)C2)n2ccnc21. The molecule has 1 fully saturated rings. The first kappa shape index (κ1) is 19.6. The van der Waals surface area contributed by atoms with Crippen molar-refractivity contribution in [1.82, 2.24) is 24.8 Å². The maximum Gasteiger partial charge on any atom is 0.253 e. The van der Waals surface area contributed by atoms with Crippen LogP contribution in [0.2, 0.25) is 0 Å². The number of rotatable bonds is 4. The zero-order valence-electron chi connectivity index (χ0n) is 17.8. The van der Waals surface area contributed by atoms with E-state index >= 15 is 0 Å². The summed E-state index contributed by atoms with van der Waals surface area (Å²) in [6.45, 7) is 11.3. The molecule has 1 saturated heterocycles. The average Bonchev–Trinajstić information content (AvgIpc) is 3.22. The first-order chi connectivity index (χ1) is 13.7. The summed E-state index contributed by atoms with van der Waals surface area (Å²) in [5, 5.41) is 3.13. The van der Waals surface area contributed by atoms with Crippen molar-refractivity contribution >= 4 is 11.8 Å². The topological polar surface area (TPSA) is 80.1 Å². The number of nitrogens with zero attached hydrogens (tertiary/aromatic N) is 4. The lowest BCUT2D eigenvalue weighted by atomic mass is 9.77. The van der Waals surface area contributed by atoms with Crippen LogP contribution in [0, 0.1) is 18.3 Å². The van der Waals surface area contributed by atoms with Gasteiger partial charge in [0.2, 0.25) is 5.91 Å². The van der Waals surface area contributed by atoms with Crippen LogP contribution in [0.25, 0.3) is 0 Å². The lowest BCUT2D eigenvalue weighted by molar-refractivity contribution is -0.154. The van der Waals surface area contributed by atoms with E-state index in [1.165, 1.54) is 0 Å². The fourth-order valence-electron chi connectivity index (χ4n) is 4.36. The molecule has 2 aliphatic rings. The molecule has 7 nitrogen and oxygen atoms in total. The highest BCUT2D eigenvalue weighted by Crippen LogP contribution is 2.46. The van der Waals surface area contributed by atoms with E-state index in [1.54, 1.807) is 24.5 Å². The van der Waals surface area contributed by atoms with Gasteiger partial charge >= 0.3 is 0 Å². The number of pyridine rings is 1. The molecule has 0 aliphatic carbocycles. The van der Waals surface area contributed by atoms with Crippen LogP contribution in [0.1, 0.15) is 62.0 Å². The minimum atomic E-state index is -0.385. The number of likely N-dealkylation sites (tertiary alicyclic amines) is 1. The number of imidazole rings is 1. The van der Waals surface area contributed by atoms with Crippen LogP contribution in [-0.4, -0.2) is 44.3 Å². The fourth-order valence-corrected chi connectivity index (χ4v) is 4.36. The molecule has 2 aromatic heterocycles. The van der Waals surface area contributed by atoms with Gasteiger partial charge in [0, 0.05) is 49.2 Å². The second-order valence-corrected chi connectivity index (χ2v) is 9.28. The van der Waals surface area contributed by atoms with Gasteiger partial charge in [-0.2, -0.15) is 0 Å². The molecule has 2 aromatic rings. The van der Waals surface area contributed by atoms with E-state index in [-0.39, 0.29) is 34.7 Å². The van der Waals surface area contributed by atoms with Crippen LogP contribution in [0.3, 0.4) is 0 Å². The predicted molar refractivity (Wildman–Crippen MR) is 109 cm³/mol. The maximum atomic E-state index is 13.0. The van der Waals surface area contributed by atoms with E-state index in [1.807, 2.05) is 31.9 Å². The highest BCUT2D eigenvalue weighted by molar-refractivity contribution is 5.95. The second kappa shape index (κ2) is 6.68. The number of hydrogen-bond donors (Lipinski definition) is 1. The molecule has 1 N–H and O–H groups in total. The van der Waals surface area contributed by atoms with Crippen molar-refractivity contribution in [3.63, 3.8) is 0 Å². The van der Waals surface area contributed by atoms with Gasteiger partial charge in [-0.3, -0.25) is 14.6 Å². The van der Waals surface area contributed by atoms with E-state index in [0.29, 0.717) is 24.3 Å². The molecule has 1 unspecified atom stereocenters. The number of fused-ring (bicyclic) bond motifs is 2. The second-order valence-electron chi connectivity index (χ2n) is 9.28. The van der Waals surface area contributed by atoms with Crippen molar-refractivity contribution in [3.05, 3.63) is 47.8 Å². The Balaban J connectivity index is 1.50. The summed E-state index contributed by atoms with van der Waals surface area (Å²) >= 11 is 0. The Morgan fingerprint density at radius 1 is 1.24 bits per heavy atom. The van der Waals surface area contributed by atoms with Gasteiger partial charge in [-0.1, -0.05) is 27.7 Å². The zero-order chi connectivity index (χ0) is 21.0. The third-order valence-corrected chi connectivity index (χ3v) is 6.89.